The van der Waals surface area contributed by atoms with Gasteiger partial charge in [0, 0.05) is 19.0 Å². The molecular weight excluding hydrogens is 202 g/mol. The first-order valence-electron chi connectivity index (χ1n) is 6.65. The van der Waals surface area contributed by atoms with Crippen LogP contribution in [0.4, 0.5) is 0 Å². The molecule has 1 atom stereocenters. The van der Waals surface area contributed by atoms with Crippen molar-refractivity contribution in [3.63, 3.8) is 0 Å². The summed E-state index contributed by atoms with van der Waals surface area (Å²) in [5.41, 5.74) is 0. The highest BCUT2D eigenvalue weighted by molar-refractivity contribution is 5.82. The van der Waals surface area contributed by atoms with Crippen LogP contribution < -0.4 is 0 Å². The Balaban J connectivity index is 1.87. The van der Waals surface area contributed by atoms with E-state index in [4.69, 9.17) is 4.74 Å². The number of hydrogen-bond acceptors (Lipinski definition) is 3. The van der Waals surface area contributed by atoms with E-state index in [1.54, 1.807) is 0 Å². The minimum absolute atomic E-state index is 0.134. The topological polar surface area (TPSA) is 29.5 Å². The zero-order valence-corrected chi connectivity index (χ0v) is 10.3. The Bertz CT molecular complexity index is 236. The smallest absolute Gasteiger partial charge is 0.141 e. The van der Waals surface area contributed by atoms with Crippen LogP contribution in [0.25, 0.3) is 0 Å². The van der Waals surface area contributed by atoms with Crippen LogP contribution in [-0.2, 0) is 9.53 Å². The summed E-state index contributed by atoms with van der Waals surface area (Å²) in [5.74, 6) is 0.539. The van der Waals surface area contributed by atoms with E-state index in [1.807, 2.05) is 0 Å². The van der Waals surface area contributed by atoms with Gasteiger partial charge >= 0.3 is 0 Å². The molecule has 16 heavy (non-hydrogen) atoms. The fraction of sp³-hybridized carbons (Fsp3) is 0.923. The van der Waals surface area contributed by atoms with Crippen molar-refractivity contribution in [2.45, 2.75) is 45.1 Å². The number of Topliss-reactive ketones (excluding diaryl/α,β-unsaturated/α-hetero) is 1. The Labute approximate surface area is 98.1 Å². The maximum Gasteiger partial charge on any atom is 0.141 e. The first kappa shape index (κ1) is 12.1. The van der Waals surface area contributed by atoms with Crippen molar-refractivity contribution in [2.24, 2.45) is 5.92 Å². The molecule has 1 aliphatic carbocycles. The summed E-state index contributed by atoms with van der Waals surface area (Å²) >= 11 is 0. The molecule has 0 aromatic rings. The van der Waals surface area contributed by atoms with Crippen molar-refractivity contribution in [3.05, 3.63) is 0 Å². The van der Waals surface area contributed by atoms with E-state index in [-0.39, 0.29) is 5.92 Å². The molecule has 1 unspecified atom stereocenters. The van der Waals surface area contributed by atoms with E-state index in [1.165, 1.54) is 25.7 Å². The van der Waals surface area contributed by atoms with Gasteiger partial charge in [0.2, 0.25) is 0 Å². The molecule has 92 valence electrons. The molecule has 1 heterocycles. The van der Waals surface area contributed by atoms with Crippen LogP contribution in [0.3, 0.4) is 0 Å². The predicted molar refractivity (Wildman–Crippen MR) is 63.4 cm³/mol. The number of hydrogen-bond donors (Lipinski definition) is 0. The molecule has 0 spiro atoms. The van der Waals surface area contributed by atoms with Crippen molar-refractivity contribution in [1.82, 2.24) is 4.90 Å². The molecule has 2 fully saturated rings. The standard InChI is InChI=1S/C13H23NO2/c1-2-14(12-5-3-4-6-12)9-11-10-16-8-7-13(11)15/h11-12H,2-10H2,1H3. The Hall–Kier alpha value is -0.410. The van der Waals surface area contributed by atoms with E-state index < -0.39 is 0 Å². The summed E-state index contributed by atoms with van der Waals surface area (Å²) in [4.78, 5) is 14.2. The van der Waals surface area contributed by atoms with Gasteiger partial charge in [0.1, 0.15) is 5.78 Å². The van der Waals surface area contributed by atoms with Gasteiger partial charge in [0.25, 0.3) is 0 Å². The lowest BCUT2D eigenvalue weighted by Gasteiger charge is -2.32. The fourth-order valence-corrected chi connectivity index (χ4v) is 2.94. The monoisotopic (exact) mass is 225 g/mol. The highest BCUT2D eigenvalue weighted by Crippen LogP contribution is 2.24. The van der Waals surface area contributed by atoms with Crippen LogP contribution in [0, 0.1) is 5.92 Å². The van der Waals surface area contributed by atoms with Gasteiger partial charge in [-0.1, -0.05) is 19.8 Å². The van der Waals surface area contributed by atoms with Gasteiger partial charge in [-0.2, -0.15) is 0 Å². The van der Waals surface area contributed by atoms with Crippen LogP contribution in [0.2, 0.25) is 0 Å². The van der Waals surface area contributed by atoms with E-state index in [0.717, 1.165) is 19.1 Å². The second-order valence-electron chi connectivity index (χ2n) is 5.01. The van der Waals surface area contributed by atoms with E-state index >= 15 is 0 Å². The fourth-order valence-electron chi connectivity index (χ4n) is 2.94. The third-order valence-electron chi connectivity index (χ3n) is 3.97. The van der Waals surface area contributed by atoms with Gasteiger partial charge in [0.05, 0.1) is 19.1 Å². The highest BCUT2D eigenvalue weighted by atomic mass is 16.5. The zero-order valence-electron chi connectivity index (χ0n) is 10.3. The van der Waals surface area contributed by atoms with E-state index in [9.17, 15) is 4.79 Å². The van der Waals surface area contributed by atoms with Crippen LogP contribution in [0.5, 0.6) is 0 Å². The summed E-state index contributed by atoms with van der Waals surface area (Å²) in [6, 6.07) is 0.722. The summed E-state index contributed by atoms with van der Waals surface area (Å²) in [5, 5.41) is 0. The SMILES string of the molecule is CCN(CC1COCCC1=O)C1CCCC1. The molecular formula is C13H23NO2. The minimum atomic E-state index is 0.134. The van der Waals surface area contributed by atoms with Gasteiger partial charge in [-0.15, -0.1) is 0 Å². The Morgan fingerprint density at radius 2 is 2.12 bits per heavy atom. The van der Waals surface area contributed by atoms with Crippen molar-refractivity contribution < 1.29 is 9.53 Å². The van der Waals surface area contributed by atoms with Crippen molar-refractivity contribution in [2.75, 3.05) is 26.3 Å². The number of rotatable bonds is 4. The Morgan fingerprint density at radius 3 is 2.75 bits per heavy atom. The molecule has 0 aromatic carbocycles. The molecule has 1 saturated carbocycles. The quantitative estimate of drug-likeness (QED) is 0.731. The van der Waals surface area contributed by atoms with Crippen LogP contribution >= 0.6 is 0 Å². The van der Waals surface area contributed by atoms with Crippen molar-refractivity contribution in [1.29, 1.82) is 0 Å². The first-order chi connectivity index (χ1) is 7.81. The number of carbonyl (C=O) groups excluding carboxylic acids is 1. The van der Waals surface area contributed by atoms with Gasteiger partial charge in [-0.25, -0.2) is 0 Å². The molecule has 2 rings (SSSR count). The molecule has 0 N–H and O–H groups in total. The number of carbonyl (C=O) groups is 1. The summed E-state index contributed by atoms with van der Waals surface area (Å²) in [6.07, 6.45) is 5.96. The largest absolute Gasteiger partial charge is 0.380 e. The first-order valence-corrected chi connectivity index (χ1v) is 6.65. The molecule has 1 aliphatic heterocycles. The minimum Gasteiger partial charge on any atom is -0.380 e. The summed E-state index contributed by atoms with van der Waals surface area (Å²) < 4.78 is 5.41. The molecule has 0 amide bonds. The normalized spacial score (nSPS) is 27.9. The van der Waals surface area contributed by atoms with Gasteiger partial charge < -0.3 is 4.74 Å². The Kier molecular flexibility index (Phi) is 4.36. The third-order valence-corrected chi connectivity index (χ3v) is 3.97. The summed E-state index contributed by atoms with van der Waals surface area (Å²) in [6.45, 7) is 5.45. The molecule has 0 bridgehead atoms. The highest BCUT2D eigenvalue weighted by Gasteiger charge is 2.28. The molecule has 1 saturated heterocycles. The van der Waals surface area contributed by atoms with Gasteiger partial charge in [-0.3, -0.25) is 9.69 Å². The average molecular weight is 225 g/mol. The van der Waals surface area contributed by atoms with Crippen LogP contribution in [0.15, 0.2) is 0 Å². The molecule has 3 heteroatoms. The van der Waals surface area contributed by atoms with E-state index in [2.05, 4.69) is 11.8 Å². The average Bonchev–Trinajstić information content (AvgIpc) is 2.81. The molecule has 3 nitrogen and oxygen atoms in total. The number of ketones is 1. The molecule has 0 radical (unpaired) electrons. The molecule has 2 aliphatic rings. The van der Waals surface area contributed by atoms with Crippen molar-refractivity contribution >= 4 is 5.78 Å². The second kappa shape index (κ2) is 5.78. The summed E-state index contributed by atoms with van der Waals surface area (Å²) in [7, 11) is 0. The lowest BCUT2D eigenvalue weighted by atomic mass is 9.99. The lowest BCUT2D eigenvalue weighted by Crippen LogP contribution is -2.42. The van der Waals surface area contributed by atoms with Crippen molar-refractivity contribution in [3.8, 4) is 0 Å². The third kappa shape index (κ3) is 2.83. The lowest BCUT2D eigenvalue weighted by molar-refractivity contribution is -0.131. The maximum absolute atomic E-state index is 11.8. The van der Waals surface area contributed by atoms with E-state index in [0.29, 0.717) is 25.4 Å². The number of nitrogens with zero attached hydrogens (tertiary/aromatic N) is 1. The Morgan fingerprint density at radius 1 is 1.38 bits per heavy atom. The number of ether oxygens (including phenoxy) is 1. The molecule has 0 aromatic heterocycles. The predicted octanol–water partition coefficient (Wildman–Crippen LogP) is 1.86. The zero-order chi connectivity index (χ0) is 11.4. The van der Waals surface area contributed by atoms with Crippen LogP contribution in [0.1, 0.15) is 39.0 Å². The van der Waals surface area contributed by atoms with Crippen LogP contribution in [-0.4, -0.2) is 43.0 Å². The maximum atomic E-state index is 11.8. The second-order valence-corrected chi connectivity index (χ2v) is 5.01. The van der Waals surface area contributed by atoms with Gasteiger partial charge in [-0.05, 0) is 19.4 Å². The van der Waals surface area contributed by atoms with Gasteiger partial charge in [0.15, 0.2) is 0 Å².